The largest absolute Gasteiger partial charge is 0.481 e. The van der Waals surface area contributed by atoms with Crippen LogP contribution in [0.4, 0.5) is 10.5 Å². The molecule has 45 heavy (non-hydrogen) atoms. The Kier molecular flexibility index (Phi) is 9.14. The van der Waals surface area contributed by atoms with Crippen molar-refractivity contribution in [2.24, 2.45) is 16.7 Å². The lowest BCUT2D eigenvalue weighted by atomic mass is 9.70. The van der Waals surface area contributed by atoms with Crippen LogP contribution in [0.2, 0.25) is 0 Å². The van der Waals surface area contributed by atoms with Crippen LogP contribution in [0.5, 0.6) is 0 Å². The number of nitrogens with one attached hydrogen (secondary N) is 4. The zero-order valence-corrected chi connectivity index (χ0v) is 26.7. The van der Waals surface area contributed by atoms with Gasteiger partial charge in [-0.05, 0) is 61.1 Å². The number of carbonyl (C=O) groups is 4. The number of rotatable bonds is 12. The Bertz CT molecular complexity index is 1430. The number of ether oxygens (including phenoxy) is 1. The van der Waals surface area contributed by atoms with Crippen molar-refractivity contribution in [3.05, 3.63) is 65.7 Å². The molecule has 3 aliphatic rings. The Morgan fingerprint density at radius 2 is 1.76 bits per heavy atom. The van der Waals surface area contributed by atoms with E-state index in [-0.39, 0.29) is 42.2 Å². The third-order valence-corrected chi connectivity index (χ3v) is 11.0. The minimum atomic E-state index is -1.33. The minimum Gasteiger partial charge on any atom is -0.481 e. The second kappa shape index (κ2) is 12.7. The first-order chi connectivity index (χ1) is 21.3. The molecule has 2 aromatic rings. The second-order valence-electron chi connectivity index (χ2n) is 14.0. The topological polar surface area (TPSA) is 146 Å². The van der Waals surface area contributed by atoms with Crippen molar-refractivity contribution >= 4 is 29.6 Å². The third-order valence-electron chi connectivity index (χ3n) is 11.0. The van der Waals surface area contributed by atoms with Gasteiger partial charge in [-0.3, -0.25) is 14.4 Å². The highest BCUT2D eigenvalue weighted by Gasteiger charge is 2.63. The quantitative estimate of drug-likeness (QED) is 0.222. The summed E-state index contributed by atoms with van der Waals surface area (Å²) in [5, 5.41) is 21.2. The number of carbonyl (C=O) groups excluding carboxylic acids is 3. The molecule has 10 heteroatoms. The summed E-state index contributed by atoms with van der Waals surface area (Å²) in [5.74, 6) is -1.42. The highest BCUT2D eigenvalue weighted by atomic mass is 16.6. The molecule has 1 aliphatic heterocycles. The Hall–Kier alpha value is -4.08. The zero-order valence-electron chi connectivity index (χ0n) is 26.7. The number of hydrogen-bond acceptors (Lipinski definition) is 6. The molecule has 6 atom stereocenters. The standard InChI is InChI=1S/C35H46N4O6/c1-33(2)24-16-17-34(33,3)28(18-24)45-32(44)39-35(4,19-23-20-36-26-13-9-8-12-25(23)26)31(43)37-21-27(22-10-6-5-7-11-22)38-29(40)14-15-30(41)42/h5-13,23-24,27-28,36H,14-21H2,1-4H3,(H,37,43)(H,38,40)(H,39,44)(H,41,42)/t23?,24-,27+,28?,34-,35-/m1/s1. The molecule has 5 rings (SSSR count). The first-order valence-corrected chi connectivity index (χ1v) is 16.0. The number of anilines is 1. The lowest BCUT2D eigenvalue weighted by Gasteiger charge is -2.39. The normalized spacial score (nSPS) is 26.1. The van der Waals surface area contributed by atoms with Crippen LogP contribution in [0.25, 0.3) is 0 Å². The molecular weight excluding hydrogens is 572 g/mol. The van der Waals surface area contributed by atoms with E-state index in [0.717, 1.165) is 36.1 Å². The predicted molar refractivity (Wildman–Crippen MR) is 171 cm³/mol. The van der Waals surface area contributed by atoms with Crippen molar-refractivity contribution in [2.45, 2.75) is 89.8 Å². The van der Waals surface area contributed by atoms with Gasteiger partial charge in [0.25, 0.3) is 0 Å². The molecular formula is C35H46N4O6. The lowest BCUT2D eigenvalue weighted by molar-refractivity contribution is -0.138. The fourth-order valence-electron chi connectivity index (χ4n) is 7.74. The number of fused-ring (bicyclic) bond motifs is 3. The van der Waals surface area contributed by atoms with Gasteiger partial charge in [0.1, 0.15) is 11.6 Å². The Labute approximate surface area is 265 Å². The number of para-hydroxylation sites is 1. The molecule has 0 radical (unpaired) electrons. The van der Waals surface area contributed by atoms with Crippen molar-refractivity contribution in [3.8, 4) is 0 Å². The lowest BCUT2D eigenvalue weighted by Crippen LogP contribution is -2.59. The van der Waals surface area contributed by atoms with Crippen molar-refractivity contribution in [1.29, 1.82) is 0 Å². The van der Waals surface area contributed by atoms with Gasteiger partial charge in [-0.2, -0.15) is 0 Å². The fourth-order valence-corrected chi connectivity index (χ4v) is 7.74. The van der Waals surface area contributed by atoms with Crippen LogP contribution in [-0.2, 0) is 19.1 Å². The fraction of sp³-hybridized carbons (Fsp3) is 0.543. The number of alkyl carbamates (subject to hydrolysis) is 1. The molecule has 0 spiro atoms. The molecule has 2 fully saturated rings. The average Bonchev–Trinajstić information content (AvgIpc) is 3.57. The third kappa shape index (κ3) is 6.65. The van der Waals surface area contributed by atoms with E-state index in [2.05, 4.69) is 42.0 Å². The van der Waals surface area contributed by atoms with E-state index >= 15 is 0 Å². The van der Waals surface area contributed by atoms with Gasteiger partial charge in [-0.15, -0.1) is 0 Å². The van der Waals surface area contributed by atoms with Crippen LogP contribution in [0.3, 0.4) is 0 Å². The first kappa shape index (κ1) is 32.3. The molecule has 0 aromatic heterocycles. The summed E-state index contributed by atoms with van der Waals surface area (Å²) < 4.78 is 6.11. The van der Waals surface area contributed by atoms with E-state index in [9.17, 15) is 19.2 Å². The zero-order chi connectivity index (χ0) is 32.4. The van der Waals surface area contributed by atoms with Crippen LogP contribution < -0.4 is 21.3 Å². The number of amides is 3. The van der Waals surface area contributed by atoms with Crippen LogP contribution in [0.1, 0.15) is 89.3 Å². The van der Waals surface area contributed by atoms with E-state index in [1.165, 1.54) is 0 Å². The number of carboxylic acids is 1. The molecule has 2 aliphatic carbocycles. The van der Waals surface area contributed by atoms with E-state index in [4.69, 9.17) is 9.84 Å². The molecule has 10 nitrogen and oxygen atoms in total. The summed E-state index contributed by atoms with van der Waals surface area (Å²) in [5.41, 5.74) is 1.48. The molecule has 0 saturated heterocycles. The van der Waals surface area contributed by atoms with Crippen molar-refractivity contribution in [1.82, 2.24) is 16.0 Å². The van der Waals surface area contributed by atoms with Gasteiger partial charge >= 0.3 is 12.1 Å². The predicted octanol–water partition coefficient (Wildman–Crippen LogP) is 5.12. The molecule has 2 saturated carbocycles. The highest BCUT2D eigenvalue weighted by molar-refractivity contribution is 5.90. The summed E-state index contributed by atoms with van der Waals surface area (Å²) in [7, 11) is 0. The number of benzene rings is 2. The van der Waals surface area contributed by atoms with Crippen molar-refractivity contribution in [2.75, 3.05) is 18.4 Å². The second-order valence-corrected chi connectivity index (χ2v) is 14.0. The van der Waals surface area contributed by atoms with Crippen LogP contribution >= 0.6 is 0 Å². The van der Waals surface area contributed by atoms with Crippen LogP contribution in [0, 0.1) is 16.7 Å². The van der Waals surface area contributed by atoms with Crippen LogP contribution in [0.15, 0.2) is 54.6 Å². The van der Waals surface area contributed by atoms with Crippen LogP contribution in [-0.4, -0.2) is 53.7 Å². The van der Waals surface area contributed by atoms with Gasteiger partial charge in [0.05, 0.1) is 12.5 Å². The van der Waals surface area contributed by atoms with E-state index in [0.29, 0.717) is 18.9 Å². The summed E-state index contributed by atoms with van der Waals surface area (Å²) in [4.78, 5) is 51.2. The summed E-state index contributed by atoms with van der Waals surface area (Å²) in [6.07, 6.45) is 1.98. The molecule has 2 unspecified atom stereocenters. The molecule has 2 bridgehead atoms. The van der Waals surface area contributed by atoms with Gasteiger partial charge < -0.3 is 31.1 Å². The van der Waals surface area contributed by atoms with Gasteiger partial charge in [-0.25, -0.2) is 4.79 Å². The van der Waals surface area contributed by atoms with E-state index < -0.39 is 35.5 Å². The van der Waals surface area contributed by atoms with Gasteiger partial charge in [0.15, 0.2) is 0 Å². The van der Waals surface area contributed by atoms with Gasteiger partial charge in [0, 0.05) is 36.5 Å². The number of hydrogen-bond donors (Lipinski definition) is 5. The smallest absolute Gasteiger partial charge is 0.408 e. The minimum absolute atomic E-state index is 0.0307. The Morgan fingerprint density at radius 1 is 1.04 bits per heavy atom. The maximum atomic E-state index is 14.1. The Morgan fingerprint density at radius 3 is 2.42 bits per heavy atom. The van der Waals surface area contributed by atoms with Crippen molar-refractivity contribution in [3.63, 3.8) is 0 Å². The SMILES string of the molecule is CC1(C)[C@@H]2CC[C@]1(C)C(OC(=O)N[C@](C)(CC1CNc3ccccc31)C(=O)NC[C@H](NC(=O)CCC(=O)O)c1ccccc1)C2. The molecule has 1 heterocycles. The van der Waals surface area contributed by atoms with E-state index in [1.807, 2.05) is 54.6 Å². The van der Waals surface area contributed by atoms with Crippen molar-refractivity contribution < 1.29 is 29.0 Å². The van der Waals surface area contributed by atoms with Gasteiger partial charge in [0.2, 0.25) is 11.8 Å². The Balaban J connectivity index is 1.32. The molecule has 242 valence electrons. The maximum Gasteiger partial charge on any atom is 0.408 e. The molecule has 3 amide bonds. The summed E-state index contributed by atoms with van der Waals surface area (Å²) in [6.45, 7) is 9.13. The molecule has 2 aromatic carbocycles. The first-order valence-electron chi connectivity index (χ1n) is 16.0. The number of carboxylic acid groups (broad SMARTS) is 1. The van der Waals surface area contributed by atoms with Gasteiger partial charge in [-0.1, -0.05) is 69.3 Å². The average molecular weight is 619 g/mol. The molecule has 5 N–H and O–H groups in total. The maximum absolute atomic E-state index is 14.1. The number of aliphatic carboxylic acids is 1. The van der Waals surface area contributed by atoms with E-state index in [1.54, 1.807) is 6.92 Å². The monoisotopic (exact) mass is 618 g/mol. The summed E-state index contributed by atoms with van der Waals surface area (Å²) >= 11 is 0. The summed E-state index contributed by atoms with van der Waals surface area (Å²) in [6, 6.07) is 16.5. The highest BCUT2D eigenvalue weighted by Crippen LogP contribution is 2.66.